The maximum absolute atomic E-state index is 6.10. The molecule has 3 rings (SSSR count). The van der Waals surface area contributed by atoms with Crippen molar-refractivity contribution in [3.63, 3.8) is 0 Å². The molecule has 1 aliphatic heterocycles. The van der Waals surface area contributed by atoms with Crippen molar-refractivity contribution in [3.05, 3.63) is 45.3 Å². The van der Waals surface area contributed by atoms with Crippen LogP contribution in [0.25, 0.3) is 0 Å². The number of para-hydroxylation sites is 1. The summed E-state index contributed by atoms with van der Waals surface area (Å²) in [6, 6.07) is 8.26. The van der Waals surface area contributed by atoms with Gasteiger partial charge in [0.2, 0.25) is 0 Å². The molecule has 0 unspecified atom stereocenters. The van der Waals surface area contributed by atoms with Crippen molar-refractivity contribution in [3.8, 4) is 5.75 Å². The van der Waals surface area contributed by atoms with Crippen LogP contribution in [0.1, 0.15) is 24.1 Å². The van der Waals surface area contributed by atoms with Crippen LogP contribution in [0, 0.1) is 16.4 Å². The average molecular weight is 412 g/mol. The van der Waals surface area contributed by atoms with Crippen molar-refractivity contribution in [2.45, 2.75) is 26.3 Å². The Labute approximate surface area is 144 Å². The smallest absolute Gasteiger partial charge is 0.124 e. The molecular formula is C17H21IN2O2. The monoisotopic (exact) mass is 412 g/mol. The first-order chi connectivity index (χ1) is 10.7. The van der Waals surface area contributed by atoms with Gasteiger partial charge in [0, 0.05) is 24.5 Å². The summed E-state index contributed by atoms with van der Waals surface area (Å²) >= 11 is 2.32. The Morgan fingerprint density at radius 2 is 2.09 bits per heavy atom. The molecule has 0 N–H and O–H groups in total. The number of hydrogen-bond donors (Lipinski definition) is 0. The van der Waals surface area contributed by atoms with Crippen LogP contribution in [-0.4, -0.2) is 29.6 Å². The number of ether oxygens (including phenoxy) is 2. The minimum atomic E-state index is 0.606. The second kappa shape index (κ2) is 7.46. The first-order valence-corrected chi connectivity index (χ1v) is 8.78. The zero-order valence-electron chi connectivity index (χ0n) is 12.8. The normalized spacial score (nSPS) is 15.9. The summed E-state index contributed by atoms with van der Waals surface area (Å²) < 4.78 is 14.7. The maximum atomic E-state index is 6.10. The van der Waals surface area contributed by atoms with E-state index in [1.165, 1.54) is 14.8 Å². The fraction of sp³-hybridized carbons (Fsp3) is 0.471. The third-order valence-corrected chi connectivity index (χ3v) is 5.21. The van der Waals surface area contributed by atoms with Crippen LogP contribution in [0.5, 0.6) is 5.75 Å². The van der Waals surface area contributed by atoms with E-state index in [-0.39, 0.29) is 0 Å². The summed E-state index contributed by atoms with van der Waals surface area (Å²) in [6.45, 7) is 5.34. The van der Waals surface area contributed by atoms with Crippen LogP contribution in [0.3, 0.4) is 0 Å². The molecule has 1 aliphatic rings. The Balaban J connectivity index is 1.68. The molecule has 1 saturated heterocycles. The number of aromatic nitrogens is 2. The average Bonchev–Trinajstić information content (AvgIpc) is 2.87. The number of hydrogen-bond acceptors (Lipinski definition) is 3. The van der Waals surface area contributed by atoms with Crippen LogP contribution in [0.15, 0.2) is 30.5 Å². The summed E-state index contributed by atoms with van der Waals surface area (Å²) in [5.74, 6) is 1.58. The molecule has 1 aromatic carbocycles. The Morgan fingerprint density at radius 3 is 2.82 bits per heavy atom. The van der Waals surface area contributed by atoms with Gasteiger partial charge in [-0.05, 0) is 54.3 Å². The van der Waals surface area contributed by atoms with E-state index in [4.69, 9.17) is 9.47 Å². The van der Waals surface area contributed by atoms with Crippen LogP contribution >= 0.6 is 22.6 Å². The summed E-state index contributed by atoms with van der Waals surface area (Å²) in [6.07, 6.45) is 4.10. The number of rotatable bonds is 5. The van der Waals surface area contributed by atoms with Crippen molar-refractivity contribution >= 4 is 22.6 Å². The highest BCUT2D eigenvalue weighted by atomic mass is 127. The molecule has 22 heavy (non-hydrogen) atoms. The van der Waals surface area contributed by atoms with Gasteiger partial charge in [0.1, 0.15) is 5.75 Å². The molecule has 0 radical (unpaired) electrons. The van der Waals surface area contributed by atoms with Crippen LogP contribution < -0.4 is 4.74 Å². The lowest BCUT2D eigenvalue weighted by molar-refractivity contribution is 0.0496. The summed E-state index contributed by atoms with van der Waals surface area (Å²) in [5, 5.41) is 4.44. The number of nitrogens with zero attached hydrogens (tertiary/aromatic N) is 2. The van der Waals surface area contributed by atoms with E-state index in [0.717, 1.165) is 45.0 Å². The van der Waals surface area contributed by atoms with Gasteiger partial charge in [-0.3, -0.25) is 4.68 Å². The summed E-state index contributed by atoms with van der Waals surface area (Å²) in [4.78, 5) is 0. The molecular weight excluding hydrogens is 391 g/mol. The maximum Gasteiger partial charge on any atom is 0.124 e. The van der Waals surface area contributed by atoms with Crippen molar-refractivity contribution in [2.75, 3.05) is 19.8 Å². The molecule has 4 nitrogen and oxygen atoms in total. The second-order valence-corrected chi connectivity index (χ2v) is 6.87. The Morgan fingerprint density at radius 1 is 1.32 bits per heavy atom. The van der Waals surface area contributed by atoms with E-state index in [1.54, 1.807) is 0 Å². The lowest BCUT2D eigenvalue weighted by Gasteiger charge is -2.22. The van der Waals surface area contributed by atoms with Gasteiger partial charge in [0.05, 0.1) is 22.9 Å². The Bertz CT molecular complexity index is 621. The second-order valence-electron chi connectivity index (χ2n) is 5.71. The van der Waals surface area contributed by atoms with Crippen LogP contribution in [0.4, 0.5) is 0 Å². The van der Waals surface area contributed by atoms with Gasteiger partial charge in [0.15, 0.2) is 0 Å². The molecule has 118 valence electrons. The largest absolute Gasteiger partial charge is 0.493 e. The van der Waals surface area contributed by atoms with Gasteiger partial charge in [-0.2, -0.15) is 5.10 Å². The third kappa shape index (κ3) is 3.81. The predicted molar refractivity (Wildman–Crippen MR) is 94.3 cm³/mol. The SMILES string of the molecule is Cc1c(I)cnn1Cc1ccccc1OCC1CCOCC1. The molecule has 2 heterocycles. The molecule has 0 bridgehead atoms. The lowest BCUT2D eigenvalue weighted by atomic mass is 10.0. The Hall–Kier alpha value is -1.08. The minimum Gasteiger partial charge on any atom is -0.493 e. The lowest BCUT2D eigenvalue weighted by Crippen LogP contribution is -2.21. The van der Waals surface area contributed by atoms with Gasteiger partial charge < -0.3 is 9.47 Å². The van der Waals surface area contributed by atoms with Crippen LogP contribution in [-0.2, 0) is 11.3 Å². The van der Waals surface area contributed by atoms with E-state index >= 15 is 0 Å². The van der Waals surface area contributed by atoms with E-state index in [2.05, 4.69) is 52.8 Å². The molecule has 0 atom stereocenters. The van der Waals surface area contributed by atoms with Crippen LogP contribution in [0.2, 0.25) is 0 Å². The first-order valence-electron chi connectivity index (χ1n) is 7.70. The van der Waals surface area contributed by atoms with E-state index < -0.39 is 0 Å². The van der Waals surface area contributed by atoms with Crippen molar-refractivity contribution in [2.24, 2.45) is 5.92 Å². The fourth-order valence-electron chi connectivity index (χ4n) is 2.64. The van der Waals surface area contributed by atoms with E-state index in [9.17, 15) is 0 Å². The zero-order valence-corrected chi connectivity index (χ0v) is 15.0. The molecule has 0 amide bonds. The van der Waals surface area contributed by atoms with Gasteiger partial charge >= 0.3 is 0 Å². The predicted octanol–water partition coefficient (Wildman–Crippen LogP) is 3.65. The third-order valence-electron chi connectivity index (χ3n) is 4.15. The molecule has 1 fully saturated rings. The van der Waals surface area contributed by atoms with E-state index in [0.29, 0.717) is 5.92 Å². The first kappa shape index (κ1) is 15.8. The standard InChI is InChI=1S/C17H21IN2O2/c1-13-16(18)10-19-20(13)11-15-4-2-3-5-17(15)22-12-14-6-8-21-9-7-14/h2-5,10,14H,6-9,11-12H2,1H3. The van der Waals surface area contributed by atoms with Crippen molar-refractivity contribution < 1.29 is 9.47 Å². The molecule has 2 aromatic rings. The highest BCUT2D eigenvalue weighted by molar-refractivity contribution is 14.1. The van der Waals surface area contributed by atoms with Gasteiger partial charge in [-0.25, -0.2) is 0 Å². The van der Waals surface area contributed by atoms with Gasteiger partial charge in [-0.1, -0.05) is 18.2 Å². The summed E-state index contributed by atoms with van der Waals surface area (Å²) in [7, 11) is 0. The topological polar surface area (TPSA) is 36.3 Å². The van der Waals surface area contributed by atoms with Crippen molar-refractivity contribution in [1.82, 2.24) is 9.78 Å². The number of benzene rings is 1. The molecule has 0 aliphatic carbocycles. The molecule has 1 aromatic heterocycles. The number of halogens is 1. The fourth-order valence-corrected chi connectivity index (χ4v) is 3.04. The molecule has 0 spiro atoms. The summed E-state index contributed by atoms with van der Waals surface area (Å²) in [5.41, 5.74) is 2.37. The van der Waals surface area contributed by atoms with Gasteiger partial charge in [0.25, 0.3) is 0 Å². The molecule has 0 saturated carbocycles. The van der Waals surface area contributed by atoms with Gasteiger partial charge in [-0.15, -0.1) is 0 Å². The highest BCUT2D eigenvalue weighted by Gasteiger charge is 2.15. The van der Waals surface area contributed by atoms with Crippen molar-refractivity contribution in [1.29, 1.82) is 0 Å². The highest BCUT2D eigenvalue weighted by Crippen LogP contribution is 2.23. The molecule has 5 heteroatoms. The van der Waals surface area contributed by atoms with E-state index in [1.807, 2.05) is 16.9 Å². The quantitative estimate of drug-likeness (QED) is 0.704. The minimum absolute atomic E-state index is 0.606. The Kier molecular flexibility index (Phi) is 5.36. The zero-order chi connectivity index (χ0) is 15.4.